The molecule has 0 spiro atoms. The topological polar surface area (TPSA) is 52.6 Å². The molecule has 0 bridgehead atoms. The van der Waals surface area contributed by atoms with Crippen LogP contribution in [0.25, 0.3) is 0 Å². The van der Waals surface area contributed by atoms with Crippen LogP contribution in [0, 0.1) is 0 Å². The number of sulfone groups is 1. The molecule has 0 radical (unpaired) electrons. The van der Waals surface area contributed by atoms with Gasteiger partial charge in [-0.25, -0.2) is 8.42 Å². The zero-order valence-corrected chi connectivity index (χ0v) is 13.1. The molecule has 0 unspecified atom stereocenters. The van der Waals surface area contributed by atoms with Gasteiger partial charge in [-0.15, -0.1) is 0 Å². The van der Waals surface area contributed by atoms with E-state index in [-0.39, 0.29) is 0 Å². The van der Waals surface area contributed by atoms with Gasteiger partial charge in [0.05, 0.1) is 24.4 Å². The van der Waals surface area contributed by atoms with Gasteiger partial charge in [0.1, 0.15) is 0 Å². The average Bonchev–Trinajstić information content (AvgIpc) is 2.54. The molecule has 2 aromatic rings. The van der Waals surface area contributed by atoms with Gasteiger partial charge in [0, 0.05) is 0 Å². The Morgan fingerprint density at radius 1 is 0.905 bits per heavy atom. The molecular formula is C16H18O4S. The molecule has 5 heteroatoms. The van der Waals surface area contributed by atoms with Crippen molar-refractivity contribution >= 4 is 9.84 Å². The summed E-state index contributed by atoms with van der Waals surface area (Å²) >= 11 is 0. The van der Waals surface area contributed by atoms with Crippen LogP contribution >= 0.6 is 0 Å². The van der Waals surface area contributed by atoms with E-state index in [1.54, 1.807) is 62.6 Å². The number of methoxy groups -OCH3 is 2. The van der Waals surface area contributed by atoms with Gasteiger partial charge in [-0.05, 0) is 36.8 Å². The Hall–Kier alpha value is -2.01. The zero-order valence-electron chi connectivity index (χ0n) is 12.2. The fourth-order valence-electron chi connectivity index (χ4n) is 2.10. The third kappa shape index (κ3) is 3.03. The standard InChI is InChI=1S/C16H18O4S/c1-12(21(17,18)14-7-5-4-6-8-14)13-9-10-15(19-2)16(11-13)20-3/h4-12H,1-3H3/t12-/m1/s1. The minimum atomic E-state index is -3.43. The van der Waals surface area contributed by atoms with E-state index in [9.17, 15) is 8.42 Å². The lowest BCUT2D eigenvalue weighted by Crippen LogP contribution is -2.10. The van der Waals surface area contributed by atoms with Gasteiger partial charge in [-0.3, -0.25) is 0 Å². The highest BCUT2D eigenvalue weighted by Crippen LogP contribution is 2.34. The van der Waals surface area contributed by atoms with Crippen molar-refractivity contribution in [3.8, 4) is 11.5 Å². The highest BCUT2D eigenvalue weighted by Gasteiger charge is 2.25. The third-order valence-electron chi connectivity index (χ3n) is 3.41. The summed E-state index contributed by atoms with van der Waals surface area (Å²) in [4.78, 5) is 0.312. The molecular weight excluding hydrogens is 288 g/mol. The molecule has 0 heterocycles. The minimum Gasteiger partial charge on any atom is -0.493 e. The maximum atomic E-state index is 12.6. The fraction of sp³-hybridized carbons (Fsp3) is 0.250. The lowest BCUT2D eigenvalue weighted by atomic mass is 10.1. The van der Waals surface area contributed by atoms with Gasteiger partial charge in [0.2, 0.25) is 0 Å². The van der Waals surface area contributed by atoms with Crippen LogP contribution in [0.1, 0.15) is 17.7 Å². The molecule has 112 valence electrons. The first-order valence-electron chi connectivity index (χ1n) is 6.51. The van der Waals surface area contributed by atoms with E-state index >= 15 is 0 Å². The lowest BCUT2D eigenvalue weighted by molar-refractivity contribution is 0.354. The predicted octanol–water partition coefficient (Wildman–Crippen LogP) is 3.24. The van der Waals surface area contributed by atoms with Crippen LogP contribution in [0.3, 0.4) is 0 Å². The molecule has 0 amide bonds. The van der Waals surface area contributed by atoms with E-state index in [0.29, 0.717) is 22.0 Å². The number of hydrogen-bond acceptors (Lipinski definition) is 4. The van der Waals surface area contributed by atoms with Crippen molar-refractivity contribution in [3.63, 3.8) is 0 Å². The largest absolute Gasteiger partial charge is 0.493 e. The Balaban J connectivity index is 2.42. The normalized spacial score (nSPS) is 12.7. The van der Waals surface area contributed by atoms with Gasteiger partial charge in [0.25, 0.3) is 0 Å². The molecule has 0 aliphatic heterocycles. The van der Waals surface area contributed by atoms with Crippen molar-refractivity contribution < 1.29 is 17.9 Å². The summed E-state index contributed by atoms with van der Waals surface area (Å²) in [6.45, 7) is 1.67. The van der Waals surface area contributed by atoms with Gasteiger partial charge < -0.3 is 9.47 Å². The predicted molar refractivity (Wildman–Crippen MR) is 81.6 cm³/mol. The van der Waals surface area contributed by atoms with Crippen molar-refractivity contribution in [1.82, 2.24) is 0 Å². The highest BCUT2D eigenvalue weighted by molar-refractivity contribution is 7.91. The first-order valence-corrected chi connectivity index (χ1v) is 8.06. The Labute approximate surface area is 125 Å². The van der Waals surface area contributed by atoms with Gasteiger partial charge in [-0.1, -0.05) is 24.3 Å². The Bertz CT molecular complexity index is 708. The van der Waals surface area contributed by atoms with Crippen LogP contribution in [0.5, 0.6) is 11.5 Å². The van der Waals surface area contributed by atoms with E-state index in [4.69, 9.17) is 9.47 Å². The van der Waals surface area contributed by atoms with Crippen LogP contribution in [0.15, 0.2) is 53.4 Å². The Morgan fingerprint density at radius 2 is 1.52 bits per heavy atom. The van der Waals surface area contributed by atoms with Crippen LogP contribution in [0.2, 0.25) is 0 Å². The van der Waals surface area contributed by atoms with Crippen molar-refractivity contribution in [1.29, 1.82) is 0 Å². The van der Waals surface area contributed by atoms with E-state index in [2.05, 4.69) is 0 Å². The third-order valence-corrected chi connectivity index (χ3v) is 5.55. The lowest BCUT2D eigenvalue weighted by Gasteiger charge is -2.15. The first kappa shape index (κ1) is 15.4. The fourth-order valence-corrected chi connectivity index (χ4v) is 3.55. The summed E-state index contributed by atoms with van der Waals surface area (Å²) in [5, 5.41) is -0.667. The second kappa shape index (κ2) is 6.18. The van der Waals surface area contributed by atoms with E-state index in [1.807, 2.05) is 0 Å². The van der Waals surface area contributed by atoms with Crippen LogP contribution in [0.4, 0.5) is 0 Å². The van der Waals surface area contributed by atoms with E-state index in [0.717, 1.165) is 0 Å². The smallest absolute Gasteiger partial charge is 0.185 e. The van der Waals surface area contributed by atoms with Gasteiger partial charge in [-0.2, -0.15) is 0 Å². The van der Waals surface area contributed by atoms with E-state index < -0.39 is 15.1 Å². The van der Waals surface area contributed by atoms with Crippen LogP contribution < -0.4 is 9.47 Å². The summed E-state index contributed by atoms with van der Waals surface area (Å²) in [6, 6.07) is 13.6. The molecule has 1 atom stereocenters. The Morgan fingerprint density at radius 3 is 2.10 bits per heavy atom. The molecule has 0 saturated carbocycles. The molecule has 0 N–H and O–H groups in total. The number of rotatable bonds is 5. The summed E-state index contributed by atoms with van der Waals surface area (Å²) in [5.74, 6) is 1.09. The molecule has 2 rings (SSSR count). The van der Waals surface area contributed by atoms with Crippen LogP contribution in [-0.4, -0.2) is 22.6 Å². The molecule has 21 heavy (non-hydrogen) atoms. The SMILES string of the molecule is COc1ccc([C@@H](C)S(=O)(=O)c2ccccc2)cc1OC. The minimum absolute atomic E-state index is 0.312. The maximum Gasteiger partial charge on any atom is 0.185 e. The second-order valence-electron chi connectivity index (χ2n) is 4.61. The van der Waals surface area contributed by atoms with Gasteiger partial charge >= 0.3 is 0 Å². The first-order chi connectivity index (χ1) is 10.0. The van der Waals surface area contributed by atoms with Crippen molar-refractivity contribution in [3.05, 3.63) is 54.1 Å². The second-order valence-corrected chi connectivity index (χ2v) is 6.88. The zero-order chi connectivity index (χ0) is 15.5. The maximum absolute atomic E-state index is 12.6. The van der Waals surface area contributed by atoms with E-state index in [1.165, 1.54) is 7.11 Å². The van der Waals surface area contributed by atoms with Crippen molar-refractivity contribution in [2.75, 3.05) is 14.2 Å². The number of hydrogen-bond donors (Lipinski definition) is 0. The van der Waals surface area contributed by atoms with Gasteiger partial charge in [0.15, 0.2) is 21.3 Å². The quantitative estimate of drug-likeness (QED) is 0.851. The van der Waals surface area contributed by atoms with Crippen molar-refractivity contribution in [2.24, 2.45) is 0 Å². The molecule has 0 fully saturated rings. The monoisotopic (exact) mass is 306 g/mol. The molecule has 0 aromatic heterocycles. The average molecular weight is 306 g/mol. The molecule has 0 saturated heterocycles. The van der Waals surface area contributed by atoms with Crippen molar-refractivity contribution in [2.45, 2.75) is 17.1 Å². The summed E-state index contributed by atoms with van der Waals surface area (Å²) in [6.07, 6.45) is 0. The summed E-state index contributed by atoms with van der Waals surface area (Å²) < 4.78 is 35.6. The molecule has 0 aliphatic carbocycles. The summed E-state index contributed by atoms with van der Waals surface area (Å²) in [7, 11) is -0.364. The molecule has 2 aromatic carbocycles. The molecule has 0 aliphatic rings. The molecule has 4 nitrogen and oxygen atoms in total. The number of ether oxygens (including phenoxy) is 2. The number of benzene rings is 2. The summed E-state index contributed by atoms with van der Waals surface area (Å²) in [5.41, 5.74) is 0.663. The highest BCUT2D eigenvalue weighted by atomic mass is 32.2. The van der Waals surface area contributed by atoms with Crippen LogP contribution in [-0.2, 0) is 9.84 Å². The Kier molecular flexibility index (Phi) is 4.53.